The smallest absolute Gasteiger partial charge is 0.132 e. The van der Waals surface area contributed by atoms with Crippen molar-refractivity contribution in [3.05, 3.63) is 120 Å². The molecule has 0 radical (unpaired) electrons. The molecule has 0 saturated carbocycles. The van der Waals surface area contributed by atoms with E-state index in [9.17, 15) is 0 Å². The van der Waals surface area contributed by atoms with Crippen molar-refractivity contribution < 1.29 is 9.47 Å². The van der Waals surface area contributed by atoms with Crippen molar-refractivity contribution in [3.63, 3.8) is 0 Å². The minimum absolute atomic E-state index is 0.640. The van der Waals surface area contributed by atoms with E-state index in [1.54, 1.807) is 14.2 Å². The summed E-state index contributed by atoms with van der Waals surface area (Å²) in [7, 11) is 3.33. The second-order valence-electron chi connectivity index (χ2n) is 8.25. The Balaban J connectivity index is 1.44. The zero-order chi connectivity index (χ0) is 25.7. The third-order valence-corrected chi connectivity index (χ3v) is 5.66. The number of benzene rings is 4. The molecule has 0 amide bonds. The third-order valence-electron chi connectivity index (χ3n) is 5.66. The number of hydrogen-bond donors (Lipinski definition) is 2. The van der Waals surface area contributed by atoms with Crippen molar-refractivity contribution in [2.45, 2.75) is 6.42 Å². The molecule has 6 nitrogen and oxygen atoms in total. The SMILES string of the molecule is COc1ccc(NC(=NCCCN=C(Nc2ccc(OC)cc2)c2ccccc2)c2ccccc2)cc1. The van der Waals surface area contributed by atoms with E-state index in [1.165, 1.54) is 0 Å². The van der Waals surface area contributed by atoms with Crippen LogP contribution in [-0.4, -0.2) is 39.0 Å². The van der Waals surface area contributed by atoms with Crippen molar-refractivity contribution >= 4 is 23.0 Å². The average Bonchev–Trinajstić information content (AvgIpc) is 2.97. The summed E-state index contributed by atoms with van der Waals surface area (Å²) in [6.07, 6.45) is 0.807. The number of nitrogens with zero attached hydrogens (tertiary/aromatic N) is 2. The normalized spacial score (nSPS) is 11.6. The summed E-state index contributed by atoms with van der Waals surface area (Å²) < 4.78 is 10.5. The van der Waals surface area contributed by atoms with E-state index in [1.807, 2.05) is 84.9 Å². The van der Waals surface area contributed by atoms with E-state index in [-0.39, 0.29) is 0 Å². The molecular formula is C31H32N4O2. The van der Waals surface area contributed by atoms with Crippen molar-refractivity contribution in [3.8, 4) is 11.5 Å². The Morgan fingerprint density at radius 1 is 0.541 bits per heavy atom. The highest BCUT2D eigenvalue weighted by Crippen LogP contribution is 2.18. The van der Waals surface area contributed by atoms with Crippen LogP contribution in [0.5, 0.6) is 11.5 Å². The van der Waals surface area contributed by atoms with Crippen LogP contribution in [0.1, 0.15) is 17.5 Å². The van der Waals surface area contributed by atoms with Gasteiger partial charge in [-0.3, -0.25) is 9.98 Å². The molecule has 2 N–H and O–H groups in total. The molecule has 0 aliphatic carbocycles. The number of hydrogen-bond acceptors (Lipinski definition) is 4. The molecule has 188 valence electrons. The van der Waals surface area contributed by atoms with Gasteiger partial charge in [-0.2, -0.15) is 0 Å². The van der Waals surface area contributed by atoms with E-state index in [2.05, 4.69) is 34.9 Å². The topological polar surface area (TPSA) is 67.2 Å². The van der Waals surface area contributed by atoms with Gasteiger partial charge in [-0.1, -0.05) is 60.7 Å². The van der Waals surface area contributed by atoms with Crippen molar-refractivity contribution in [2.75, 3.05) is 37.9 Å². The first-order chi connectivity index (χ1) is 18.2. The first-order valence-corrected chi connectivity index (χ1v) is 12.3. The van der Waals surface area contributed by atoms with Gasteiger partial charge in [0, 0.05) is 35.6 Å². The Morgan fingerprint density at radius 2 is 0.919 bits per heavy atom. The monoisotopic (exact) mass is 492 g/mol. The second-order valence-corrected chi connectivity index (χ2v) is 8.25. The molecule has 37 heavy (non-hydrogen) atoms. The molecule has 0 bridgehead atoms. The summed E-state index contributed by atoms with van der Waals surface area (Å²) in [6, 6.07) is 36.0. The number of anilines is 2. The fraction of sp³-hybridized carbons (Fsp3) is 0.161. The Morgan fingerprint density at radius 3 is 1.27 bits per heavy atom. The molecule has 0 atom stereocenters. The first kappa shape index (κ1) is 25.5. The van der Waals surface area contributed by atoms with E-state index in [4.69, 9.17) is 19.5 Å². The fourth-order valence-electron chi connectivity index (χ4n) is 3.67. The maximum absolute atomic E-state index is 5.27. The van der Waals surface area contributed by atoms with Crippen LogP contribution >= 0.6 is 0 Å². The summed E-state index contributed by atoms with van der Waals surface area (Å²) in [5.74, 6) is 3.29. The van der Waals surface area contributed by atoms with Crippen molar-refractivity contribution in [1.29, 1.82) is 0 Å². The number of rotatable bonds is 10. The van der Waals surface area contributed by atoms with Crippen LogP contribution in [0.3, 0.4) is 0 Å². The van der Waals surface area contributed by atoms with Crippen LogP contribution in [0.25, 0.3) is 0 Å². The molecule has 4 rings (SSSR count). The van der Waals surface area contributed by atoms with Gasteiger partial charge in [0.25, 0.3) is 0 Å². The van der Waals surface area contributed by atoms with Gasteiger partial charge in [-0.15, -0.1) is 0 Å². The summed E-state index contributed by atoms with van der Waals surface area (Å²) in [5, 5.41) is 6.90. The van der Waals surface area contributed by atoms with E-state index < -0.39 is 0 Å². The van der Waals surface area contributed by atoms with Gasteiger partial charge in [-0.05, 0) is 55.0 Å². The van der Waals surface area contributed by atoms with Crippen LogP contribution in [0.4, 0.5) is 11.4 Å². The van der Waals surface area contributed by atoms with Crippen LogP contribution in [0.2, 0.25) is 0 Å². The molecular weight excluding hydrogens is 460 g/mol. The summed E-state index contributed by atoms with van der Waals surface area (Å²) in [4.78, 5) is 9.75. The van der Waals surface area contributed by atoms with Gasteiger partial charge in [0.1, 0.15) is 23.2 Å². The van der Waals surface area contributed by atoms with Gasteiger partial charge < -0.3 is 20.1 Å². The molecule has 0 aromatic heterocycles. The zero-order valence-corrected chi connectivity index (χ0v) is 21.2. The Hall–Kier alpha value is -4.58. The predicted octanol–water partition coefficient (Wildman–Crippen LogP) is 6.51. The minimum Gasteiger partial charge on any atom is -0.497 e. The standard InChI is InChI=1S/C31H32N4O2/c1-36-28-18-14-26(15-19-28)34-30(24-10-5-3-6-11-24)32-22-9-23-33-31(25-12-7-4-8-13-25)35-27-16-20-29(37-2)21-17-27/h3-8,10-21H,9,22-23H2,1-2H3,(H,32,34)(H,33,35). The average molecular weight is 493 g/mol. The van der Waals surface area contributed by atoms with Crippen LogP contribution < -0.4 is 20.1 Å². The van der Waals surface area contributed by atoms with E-state index in [0.29, 0.717) is 13.1 Å². The Labute approximate surface area is 218 Å². The lowest BCUT2D eigenvalue weighted by Gasteiger charge is -2.12. The Kier molecular flexibility index (Phi) is 9.30. The molecule has 0 aliphatic rings. The van der Waals surface area contributed by atoms with Gasteiger partial charge >= 0.3 is 0 Å². The highest BCUT2D eigenvalue weighted by atomic mass is 16.5. The van der Waals surface area contributed by atoms with Crippen molar-refractivity contribution in [2.24, 2.45) is 9.98 Å². The highest BCUT2D eigenvalue weighted by Gasteiger charge is 2.06. The van der Waals surface area contributed by atoms with E-state index >= 15 is 0 Å². The highest BCUT2D eigenvalue weighted by molar-refractivity contribution is 6.09. The summed E-state index contributed by atoms with van der Waals surface area (Å²) >= 11 is 0. The number of nitrogens with one attached hydrogen (secondary N) is 2. The number of ether oxygens (including phenoxy) is 2. The van der Waals surface area contributed by atoms with Gasteiger partial charge in [0.2, 0.25) is 0 Å². The molecule has 0 unspecified atom stereocenters. The number of amidine groups is 2. The van der Waals surface area contributed by atoms with Gasteiger partial charge in [0.05, 0.1) is 14.2 Å². The van der Waals surface area contributed by atoms with Crippen molar-refractivity contribution in [1.82, 2.24) is 0 Å². The lowest BCUT2D eigenvalue weighted by molar-refractivity contribution is 0.415. The maximum Gasteiger partial charge on any atom is 0.132 e. The predicted molar refractivity (Wildman–Crippen MR) is 154 cm³/mol. The fourth-order valence-corrected chi connectivity index (χ4v) is 3.67. The summed E-state index contributed by atoms with van der Waals surface area (Å²) in [5.41, 5.74) is 3.98. The van der Waals surface area contributed by atoms with Crippen LogP contribution in [-0.2, 0) is 0 Å². The van der Waals surface area contributed by atoms with Crippen LogP contribution in [0.15, 0.2) is 119 Å². The zero-order valence-electron chi connectivity index (χ0n) is 21.2. The third kappa shape index (κ3) is 7.70. The number of methoxy groups -OCH3 is 2. The quantitative estimate of drug-likeness (QED) is 0.150. The molecule has 0 spiro atoms. The van der Waals surface area contributed by atoms with Crippen LogP contribution in [0, 0.1) is 0 Å². The maximum atomic E-state index is 5.27. The minimum atomic E-state index is 0.640. The first-order valence-electron chi connectivity index (χ1n) is 12.3. The molecule has 0 heterocycles. The lowest BCUT2D eigenvalue weighted by Crippen LogP contribution is -2.15. The van der Waals surface area contributed by atoms with Gasteiger partial charge in [0.15, 0.2) is 0 Å². The lowest BCUT2D eigenvalue weighted by atomic mass is 10.2. The molecule has 0 saturated heterocycles. The number of aliphatic imine (C=N–C) groups is 2. The van der Waals surface area contributed by atoms with Gasteiger partial charge in [-0.25, -0.2) is 0 Å². The summed E-state index contributed by atoms with van der Waals surface area (Å²) in [6.45, 7) is 1.28. The second kappa shape index (κ2) is 13.5. The molecule has 0 aliphatic heterocycles. The molecule has 6 heteroatoms. The molecule has 4 aromatic rings. The molecule has 0 fully saturated rings. The van der Waals surface area contributed by atoms with E-state index in [0.717, 1.165) is 52.1 Å². The Bertz CT molecular complexity index is 1180. The largest absolute Gasteiger partial charge is 0.497 e. The molecule has 4 aromatic carbocycles.